The Kier molecular flexibility index (Phi) is 3.57. The summed E-state index contributed by atoms with van der Waals surface area (Å²) >= 11 is 2.07. The molecule has 0 aromatic carbocycles. The summed E-state index contributed by atoms with van der Waals surface area (Å²) in [6.45, 7) is 2.21. The zero-order valence-electron chi connectivity index (χ0n) is 6.68. The lowest BCUT2D eigenvalue weighted by Crippen LogP contribution is -2.30. The fourth-order valence-corrected chi connectivity index (χ4v) is 2.81. The van der Waals surface area contributed by atoms with Gasteiger partial charge in [-0.3, -0.25) is 0 Å². The van der Waals surface area contributed by atoms with Gasteiger partial charge in [-0.25, -0.2) is 0 Å². The highest BCUT2D eigenvalue weighted by atomic mass is 32.2. The van der Waals surface area contributed by atoms with Crippen LogP contribution in [0.1, 0.15) is 32.6 Å². The summed E-state index contributed by atoms with van der Waals surface area (Å²) in [5.41, 5.74) is 5.97. The molecule has 0 radical (unpaired) electrons. The van der Waals surface area contributed by atoms with Crippen LogP contribution in [0.15, 0.2) is 0 Å². The number of hydrogen-bond donors (Lipinski definition) is 1. The molecule has 2 N–H and O–H groups in total. The minimum absolute atomic E-state index is 0.470. The average Bonchev–Trinajstić information content (AvgIpc) is 2.38. The van der Waals surface area contributed by atoms with Gasteiger partial charge in [-0.2, -0.15) is 11.8 Å². The number of rotatable bonds is 3. The monoisotopic (exact) mass is 159 g/mol. The molecule has 0 amide bonds. The van der Waals surface area contributed by atoms with Gasteiger partial charge in [-0.1, -0.05) is 13.3 Å². The van der Waals surface area contributed by atoms with E-state index in [-0.39, 0.29) is 0 Å². The van der Waals surface area contributed by atoms with E-state index in [1.54, 1.807) is 0 Å². The van der Waals surface area contributed by atoms with E-state index in [4.69, 9.17) is 5.73 Å². The molecule has 0 aliphatic carbocycles. The summed E-state index contributed by atoms with van der Waals surface area (Å²) < 4.78 is 0. The number of thioether (sulfide) groups is 1. The van der Waals surface area contributed by atoms with E-state index in [1.807, 2.05) is 0 Å². The quantitative estimate of drug-likeness (QED) is 0.681. The number of hydrogen-bond acceptors (Lipinski definition) is 2. The van der Waals surface area contributed by atoms with Crippen LogP contribution in [0.25, 0.3) is 0 Å². The largest absolute Gasteiger partial charge is 0.327 e. The second-order valence-electron chi connectivity index (χ2n) is 3.00. The SMILES string of the molecule is CCC[C@@H](N)C1CCCS1. The molecular weight excluding hydrogens is 142 g/mol. The first-order valence-electron chi connectivity index (χ1n) is 4.21. The Hall–Kier alpha value is 0.310. The Morgan fingerprint density at radius 1 is 1.70 bits per heavy atom. The van der Waals surface area contributed by atoms with E-state index in [0.29, 0.717) is 6.04 Å². The summed E-state index contributed by atoms with van der Waals surface area (Å²) in [6.07, 6.45) is 5.18. The van der Waals surface area contributed by atoms with Crippen LogP contribution in [-0.4, -0.2) is 17.0 Å². The lowest BCUT2D eigenvalue weighted by atomic mass is 10.1. The average molecular weight is 159 g/mol. The van der Waals surface area contributed by atoms with Crippen LogP contribution in [0.5, 0.6) is 0 Å². The van der Waals surface area contributed by atoms with Crippen molar-refractivity contribution in [1.82, 2.24) is 0 Å². The molecular formula is C8H17NS. The Labute approximate surface area is 67.8 Å². The van der Waals surface area contributed by atoms with E-state index in [2.05, 4.69) is 18.7 Å². The molecule has 1 fully saturated rings. The van der Waals surface area contributed by atoms with Crippen molar-refractivity contribution < 1.29 is 0 Å². The highest BCUT2D eigenvalue weighted by molar-refractivity contribution is 8.00. The van der Waals surface area contributed by atoms with Crippen molar-refractivity contribution in [2.24, 2.45) is 5.73 Å². The first kappa shape index (κ1) is 8.41. The molecule has 2 heteroatoms. The van der Waals surface area contributed by atoms with Crippen molar-refractivity contribution in [3.05, 3.63) is 0 Å². The second kappa shape index (κ2) is 4.24. The van der Waals surface area contributed by atoms with E-state index in [9.17, 15) is 0 Å². The molecule has 1 heterocycles. The summed E-state index contributed by atoms with van der Waals surface area (Å²) in [4.78, 5) is 0. The molecule has 1 saturated heterocycles. The van der Waals surface area contributed by atoms with Gasteiger partial charge in [0.1, 0.15) is 0 Å². The molecule has 10 heavy (non-hydrogen) atoms. The lowest BCUT2D eigenvalue weighted by Gasteiger charge is -2.16. The van der Waals surface area contributed by atoms with Crippen molar-refractivity contribution in [1.29, 1.82) is 0 Å². The van der Waals surface area contributed by atoms with Crippen molar-refractivity contribution in [2.45, 2.75) is 43.9 Å². The second-order valence-corrected chi connectivity index (χ2v) is 4.35. The highest BCUT2D eigenvalue weighted by Gasteiger charge is 2.21. The Morgan fingerprint density at radius 2 is 2.50 bits per heavy atom. The smallest absolute Gasteiger partial charge is 0.0199 e. The first-order chi connectivity index (χ1) is 4.84. The third-order valence-electron chi connectivity index (χ3n) is 2.06. The van der Waals surface area contributed by atoms with E-state index in [1.165, 1.54) is 31.4 Å². The third kappa shape index (κ3) is 2.17. The van der Waals surface area contributed by atoms with Crippen LogP contribution in [-0.2, 0) is 0 Å². The molecule has 1 aliphatic heterocycles. The van der Waals surface area contributed by atoms with Crippen molar-refractivity contribution in [3.63, 3.8) is 0 Å². The fourth-order valence-electron chi connectivity index (χ4n) is 1.46. The van der Waals surface area contributed by atoms with Crippen LogP contribution in [0.3, 0.4) is 0 Å². The van der Waals surface area contributed by atoms with Crippen molar-refractivity contribution in [2.75, 3.05) is 5.75 Å². The summed E-state index contributed by atoms with van der Waals surface area (Å²) in [7, 11) is 0. The maximum Gasteiger partial charge on any atom is 0.0199 e. The van der Waals surface area contributed by atoms with Crippen molar-refractivity contribution in [3.8, 4) is 0 Å². The molecule has 1 nitrogen and oxygen atoms in total. The molecule has 0 aromatic rings. The molecule has 60 valence electrons. The molecule has 0 saturated carbocycles. The van der Waals surface area contributed by atoms with Gasteiger partial charge in [-0.05, 0) is 25.0 Å². The van der Waals surface area contributed by atoms with Crippen LogP contribution >= 0.6 is 11.8 Å². The first-order valence-corrected chi connectivity index (χ1v) is 5.26. The van der Waals surface area contributed by atoms with Gasteiger partial charge in [0.2, 0.25) is 0 Å². The van der Waals surface area contributed by atoms with Gasteiger partial charge in [0, 0.05) is 11.3 Å². The Balaban J connectivity index is 2.18. The Bertz CT molecular complexity index is 89.3. The van der Waals surface area contributed by atoms with Gasteiger partial charge in [0.15, 0.2) is 0 Å². The van der Waals surface area contributed by atoms with Crippen LogP contribution in [0, 0.1) is 0 Å². The summed E-state index contributed by atoms with van der Waals surface area (Å²) in [5, 5.41) is 0.778. The van der Waals surface area contributed by atoms with Crippen molar-refractivity contribution >= 4 is 11.8 Å². The van der Waals surface area contributed by atoms with Gasteiger partial charge in [0.25, 0.3) is 0 Å². The predicted octanol–water partition coefficient (Wildman–Crippen LogP) is 2.01. The predicted molar refractivity (Wildman–Crippen MR) is 48.4 cm³/mol. The molecule has 1 aliphatic rings. The molecule has 0 spiro atoms. The summed E-state index contributed by atoms with van der Waals surface area (Å²) in [6, 6.07) is 0.470. The Morgan fingerprint density at radius 3 is 3.00 bits per heavy atom. The zero-order valence-corrected chi connectivity index (χ0v) is 7.49. The zero-order chi connectivity index (χ0) is 7.40. The summed E-state index contributed by atoms with van der Waals surface area (Å²) in [5.74, 6) is 1.34. The standard InChI is InChI=1S/C8H17NS/c1-2-4-7(9)8-5-3-6-10-8/h7-8H,2-6,9H2,1H3/t7-,8?/m1/s1. The molecule has 0 aromatic heterocycles. The van der Waals surface area contributed by atoms with Gasteiger partial charge >= 0.3 is 0 Å². The molecule has 1 unspecified atom stereocenters. The normalized spacial score (nSPS) is 28.8. The van der Waals surface area contributed by atoms with E-state index < -0.39 is 0 Å². The fraction of sp³-hybridized carbons (Fsp3) is 1.00. The van der Waals surface area contributed by atoms with Gasteiger partial charge in [0.05, 0.1) is 0 Å². The number of nitrogens with two attached hydrogens (primary N) is 1. The van der Waals surface area contributed by atoms with E-state index >= 15 is 0 Å². The molecule has 0 bridgehead atoms. The maximum atomic E-state index is 5.97. The van der Waals surface area contributed by atoms with Gasteiger partial charge < -0.3 is 5.73 Å². The van der Waals surface area contributed by atoms with Crippen LogP contribution in [0.4, 0.5) is 0 Å². The van der Waals surface area contributed by atoms with Gasteiger partial charge in [-0.15, -0.1) is 0 Å². The highest BCUT2D eigenvalue weighted by Crippen LogP contribution is 2.29. The lowest BCUT2D eigenvalue weighted by molar-refractivity contribution is 0.563. The minimum Gasteiger partial charge on any atom is -0.327 e. The third-order valence-corrected chi connectivity index (χ3v) is 3.60. The van der Waals surface area contributed by atoms with Crippen LogP contribution < -0.4 is 5.73 Å². The molecule has 1 rings (SSSR count). The van der Waals surface area contributed by atoms with E-state index in [0.717, 1.165) is 5.25 Å². The van der Waals surface area contributed by atoms with Crippen LogP contribution in [0.2, 0.25) is 0 Å². The molecule has 2 atom stereocenters. The topological polar surface area (TPSA) is 26.0 Å². The minimum atomic E-state index is 0.470. The maximum absolute atomic E-state index is 5.97.